The lowest BCUT2D eigenvalue weighted by Crippen LogP contribution is -2.38. The maximum absolute atomic E-state index is 6.50. The van der Waals surface area contributed by atoms with Crippen molar-refractivity contribution in [1.29, 1.82) is 0 Å². The molecule has 0 aliphatic heterocycles. The number of benzene rings is 2. The Morgan fingerprint density at radius 2 is 1.70 bits per heavy atom. The van der Waals surface area contributed by atoms with Gasteiger partial charge in [-0.1, -0.05) is 49.2 Å². The highest BCUT2D eigenvalue weighted by Gasteiger charge is 2.29. The van der Waals surface area contributed by atoms with Crippen LogP contribution in [0.3, 0.4) is 0 Å². The van der Waals surface area contributed by atoms with Crippen LogP contribution in [0.25, 0.3) is 0 Å². The molecule has 0 unspecified atom stereocenters. The van der Waals surface area contributed by atoms with E-state index >= 15 is 0 Å². The summed E-state index contributed by atoms with van der Waals surface area (Å²) in [6.45, 7) is 0.536. The van der Waals surface area contributed by atoms with Crippen LogP contribution < -0.4 is 15.2 Å². The molecule has 0 aromatic heterocycles. The fourth-order valence-electron chi connectivity index (χ4n) is 3.34. The van der Waals surface area contributed by atoms with Crippen molar-refractivity contribution in [2.45, 2.75) is 44.2 Å². The van der Waals surface area contributed by atoms with E-state index in [9.17, 15) is 0 Å². The fourth-order valence-corrected chi connectivity index (χ4v) is 3.34. The highest BCUT2D eigenvalue weighted by Crippen LogP contribution is 2.34. The minimum atomic E-state index is -0.0503. The van der Waals surface area contributed by atoms with Crippen molar-refractivity contribution in [1.82, 2.24) is 0 Å². The van der Waals surface area contributed by atoms with Gasteiger partial charge >= 0.3 is 0 Å². The lowest BCUT2D eigenvalue weighted by molar-refractivity contribution is 0.284. The van der Waals surface area contributed by atoms with Gasteiger partial charge < -0.3 is 15.2 Å². The summed E-state index contributed by atoms with van der Waals surface area (Å²) in [6, 6.07) is 16.3. The zero-order chi connectivity index (χ0) is 16.1. The first-order valence-corrected chi connectivity index (χ1v) is 8.31. The molecule has 3 rings (SSSR count). The number of hydrogen-bond donors (Lipinski definition) is 1. The molecule has 3 nitrogen and oxygen atoms in total. The molecule has 23 heavy (non-hydrogen) atoms. The molecule has 3 heteroatoms. The van der Waals surface area contributed by atoms with Gasteiger partial charge in [0.05, 0.1) is 7.11 Å². The second-order valence-electron chi connectivity index (χ2n) is 6.51. The second-order valence-corrected chi connectivity index (χ2v) is 6.51. The van der Waals surface area contributed by atoms with E-state index in [0.29, 0.717) is 6.61 Å². The number of nitrogens with two attached hydrogens (primary N) is 1. The Morgan fingerprint density at radius 3 is 2.39 bits per heavy atom. The molecule has 0 saturated heterocycles. The predicted molar refractivity (Wildman–Crippen MR) is 92.9 cm³/mol. The van der Waals surface area contributed by atoms with Gasteiger partial charge in [0.2, 0.25) is 0 Å². The van der Waals surface area contributed by atoms with E-state index in [2.05, 4.69) is 24.3 Å². The van der Waals surface area contributed by atoms with E-state index in [1.54, 1.807) is 7.11 Å². The van der Waals surface area contributed by atoms with Crippen LogP contribution in [0.5, 0.6) is 11.5 Å². The maximum Gasteiger partial charge on any atom is 0.161 e. The summed E-state index contributed by atoms with van der Waals surface area (Å²) in [5.41, 5.74) is 8.82. The van der Waals surface area contributed by atoms with Crippen molar-refractivity contribution >= 4 is 0 Å². The maximum atomic E-state index is 6.50. The number of ether oxygens (including phenoxy) is 2. The van der Waals surface area contributed by atoms with Crippen LogP contribution in [-0.4, -0.2) is 12.6 Å². The first-order chi connectivity index (χ1) is 11.2. The van der Waals surface area contributed by atoms with Crippen molar-refractivity contribution in [3.05, 3.63) is 59.7 Å². The average Bonchev–Trinajstić information content (AvgIpc) is 3.00. The van der Waals surface area contributed by atoms with Crippen molar-refractivity contribution < 1.29 is 9.47 Å². The van der Waals surface area contributed by atoms with Gasteiger partial charge in [0.1, 0.15) is 6.61 Å². The molecule has 1 saturated carbocycles. The monoisotopic (exact) mass is 311 g/mol. The Kier molecular flexibility index (Phi) is 4.87. The molecule has 1 fully saturated rings. The van der Waals surface area contributed by atoms with Gasteiger partial charge in [0, 0.05) is 5.54 Å². The van der Waals surface area contributed by atoms with Crippen LogP contribution in [0.1, 0.15) is 36.8 Å². The summed E-state index contributed by atoms with van der Waals surface area (Å²) in [5.74, 6) is 1.55. The third kappa shape index (κ3) is 4.05. The van der Waals surface area contributed by atoms with Crippen molar-refractivity contribution in [2.24, 2.45) is 5.73 Å². The van der Waals surface area contributed by atoms with E-state index in [4.69, 9.17) is 15.2 Å². The predicted octanol–water partition coefficient (Wildman–Crippen LogP) is 4.09. The third-order valence-corrected chi connectivity index (χ3v) is 4.62. The average molecular weight is 311 g/mol. The first kappa shape index (κ1) is 15.9. The lowest BCUT2D eigenvalue weighted by Gasteiger charge is -2.24. The Hall–Kier alpha value is -2.00. The van der Waals surface area contributed by atoms with E-state index < -0.39 is 0 Å². The van der Waals surface area contributed by atoms with Crippen LogP contribution >= 0.6 is 0 Å². The molecule has 0 radical (unpaired) electrons. The van der Waals surface area contributed by atoms with Gasteiger partial charge in [-0.3, -0.25) is 0 Å². The summed E-state index contributed by atoms with van der Waals surface area (Å²) in [4.78, 5) is 0. The molecule has 1 aliphatic rings. The SMILES string of the molecule is COc1ccc(CC2(N)CCCC2)cc1OCc1ccccc1. The minimum Gasteiger partial charge on any atom is -0.493 e. The number of hydrogen-bond acceptors (Lipinski definition) is 3. The summed E-state index contributed by atoms with van der Waals surface area (Å²) >= 11 is 0. The van der Waals surface area contributed by atoms with Crippen molar-refractivity contribution in [3.8, 4) is 11.5 Å². The Labute approximate surface area is 138 Å². The van der Waals surface area contributed by atoms with Crippen LogP contribution in [0, 0.1) is 0 Å². The van der Waals surface area contributed by atoms with Crippen LogP contribution in [0.2, 0.25) is 0 Å². The second kappa shape index (κ2) is 7.05. The zero-order valence-electron chi connectivity index (χ0n) is 13.8. The smallest absolute Gasteiger partial charge is 0.161 e. The van der Waals surface area contributed by atoms with E-state index in [-0.39, 0.29) is 5.54 Å². The van der Waals surface area contributed by atoms with Gasteiger partial charge in [-0.2, -0.15) is 0 Å². The molecule has 122 valence electrons. The van der Waals surface area contributed by atoms with E-state index in [0.717, 1.165) is 36.3 Å². The van der Waals surface area contributed by atoms with Gasteiger partial charge in [0.25, 0.3) is 0 Å². The summed E-state index contributed by atoms with van der Waals surface area (Å²) in [5, 5.41) is 0. The first-order valence-electron chi connectivity index (χ1n) is 8.31. The van der Waals surface area contributed by atoms with Crippen molar-refractivity contribution in [3.63, 3.8) is 0 Å². The topological polar surface area (TPSA) is 44.5 Å². The Morgan fingerprint density at radius 1 is 0.957 bits per heavy atom. The van der Waals surface area contributed by atoms with Gasteiger partial charge in [-0.05, 0) is 42.5 Å². The molecule has 2 aromatic carbocycles. The summed E-state index contributed by atoms with van der Waals surface area (Å²) in [7, 11) is 1.67. The normalized spacial score (nSPS) is 16.3. The quantitative estimate of drug-likeness (QED) is 0.874. The molecule has 0 bridgehead atoms. The molecule has 0 spiro atoms. The summed E-state index contributed by atoms with van der Waals surface area (Å²) < 4.78 is 11.4. The highest BCUT2D eigenvalue weighted by molar-refractivity contribution is 5.43. The van der Waals surface area contributed by atoms with E-state index in [1.807, 2.05) is 24.3 Å². The van der Waals surface area contributed by atoms with E-state index in [1.165, 1.54) is 18.4 Å². The van der Waals surface area contributed by atoms with Crippen LogP contribution in [0.15, 0.2) is 48.5 Å². The standard InChI is InChI=1S/C20H25NO2/c1-22-18-10-9-17(14-20(21)11-5-6-12-20)13-19(18)23-15-16-7-3-2-4-8-16/h2-4,7-10,13H,5-6,11-12,14-15,21H2,1H3. The summed E-state index contributed by atoms with van der Waals surface area (Å²) in [6.07, 6.45) is 5.60. The molecule has 0 heterocycles. The zero-order valence-corrected chi connectivity index (χ0v) is 13.8. The Bertz CT molecular complexity index is 633. The lowest BCUT2D eigenvalue weighted by atomic mass is 9.90. The number of methoxy groups -OCH3 is 1. The molecule has 0 amide bonds. The molecule has 1 aliphatic carbocycles. The van der Waals surface area contributed by atoms with Crippen LogP contribution in [0.4, 0.5) is 0 Å². The van der Waals surface area contributed by atoms with Crippen molar-refractivity contribution in [2.75, 3.05) is 7.11 Å². The number of rotatable bonds is 6. The Balaban J connectivity index is 1.73. The highest BCUT2D eigenvalue weighted by atomic mass is 16.5. The van der Waals surface area contributed by atoms with Gasteiger partial charge in [0.15, 0.2) is 11.5 Å². The largest absolute Gasteiger partial charge is 0.493 e. The third-order valence-electron chi connectivity index (χ3n) is 4.62. The molecule has 0 atom stereocenters. The van der Waals surface area contributed by atoms with Gasteiger partial charge in [-0.25, -0.2) is 0 Å². The molecule has 2 N–H and O–H groups in total. The van der Waals surface area contributed by atoms with Crippen LogP contribution in [-0.2, 0) is 13.0 Å². The molecular weight excluding hydrogens is 286 g/mol. The van der Waals surface area contributed by atoms with Gasteiger partial charge in [-0.15, -0.1) is 0 Å². The molecular formula is C20H25NO2. The molecule has 2 aromatic rings. The fraction of sp³-hybridized carbons (Fsp3) is 0.400. The minimum absolute atomic E-state index is 0.0503.